The van der Waals surface area contributed by atoms with Gasteiger partial charge in [-0.1, -0.05) is 30.3 Å². The average Bonchev–Trinajstić information content (AvgIpc) is 2.63. The monoisotopic (exact) mass is 374 g/mol. The molecule has 3 aromatic rings. The van der Waals surface area contributed by atoms with Crippen molar-refractivity contribution >= 4 is 32.6 Å². The third-order valence-corrected chi connectivity index (χ3v) is 4.62. The van der Waals surface area contributed by atoms with Gasteiger partial charge in [-0.3, -0.25) is 14.3 Å². The van der Waals surface area contributed by atoms with Gasteiger partial charge in [0.1, 0.15) is 10.4 Å². The number of amides is 1. The molecule has 1 heterocycles. The summed E-state index contributed by atoms with van der Waals surface area (Å²) in [7, 11) is -4.64. The number of pyridine rings is 1. The quantitative estimate of drug-likeness (QED) is 0.404. The van der Waals surface area contributed by atoms with E-state index in [2.05, 4.69) is 10.3 Å². The zero-order valence-electron chi connectivity index (χ0n) is 13.2. The summed E-state index contributed by atoms with van der Waals surface area (Å²) < 4.78 is 32.7. The normalized spacial score (nSPS) is 12.7. The lowest BCUT2D eigenvalue weighted by atomic mass is 10.1. The number of hydrogen-bond donors (Lipinski definition) is 4. The van der Waals surface area contributed by atoms with Gasteiger partial charge in [-0.25, -0.2) is 0 Å². The molecule has 0 saturated carbocycles. The summed E-state index contributed by atoms with van der Waals surface area (Å²) in [6.45, 7) is 0. The van der Waals surface area contributed by atoms with Gasteiger partial charge < -0.3 is 15.5 Å². The van der Waals surface area contributed by atoms with Crippen LogP contribution in [0.2, 0.25) is 0 Å². The largest absolute Gasteiger partial charge is 0.504 e. The van der Waals surface area contributed by atoms with Crippen molar-refractivity contribution in [1.29, 1.82) is 0 Å². The number of aliphatic hydroxyl groups excluding tert-OH is 1. The Morgan fingerprint density at radius 3 is 2.46 bits per heavy atom. The molecule has 26 heavy (non-hydrogen) atoms. The molecule has 0 aliphatic heterocycles. The van der Waals surface area contributed by atoms with E-state index in [1.807, 2.05) is 0 Å². The molecule has 1 aromatic heterocycles. The molecule has 0 bridgehead atoms. The van der Waals surface area contributed by atoms with Crippen molar-refractivity contribution in [3.63, 3.8) is 0 Å². The van der Waals surface area contributed by atoms with Crippen LogP contribution in [-0.2, 0) is 14.9 Å². The lowest BCUT2D eigenvalue weighted by Gasteiger charge is -2.14. The van der Waals surface area contributed by atoms with Crippen LogP contribution in [0.1, 0.15) is 11.7 Å². The number of rotatable bonds is 4. The van der Waals surface area contributed by atoms with Crippen LogP contribution in [0, 0.1) is 0 Å². The predicted octanol–water partition coefficient (Wildman–Crippen LogP) is 1.86. The van der Waals surface area contributed by atoms with E-state index < -0.39 is 32.8 Å². The van der Waals surface area contributed by atoms with Crippen LogP contribution in [-0.4, -0.2) is 34.1 Å². The highest BCUT2D eigenvalue weighted by Gasteiger charge is 2.23. The van der Waals surface area contributed by atoms with Gasteiger partial charge in [-0.2, -0.15) is 8.42 Å². The van der Waals surface area contributed by atoms with Crippen LogP contribution in [0.15, 0.2) is 59.6 Å². The fourth-order valence-electron chi connectivity index (χ4n) is 2.49. The second-order valence-corrected chi connectivity index (χ2v) is 6.84. The number of carbonyl (C=O) groups is 1. The van der Waals surface area contributed by atoms with E-state index in [-0.39, 0.29) is 16.6 Å². The number of fused-ring (bicyclic) bond motifs is 1. The summed E-state index contributed by atoms with van der Waals surface area (Å²) in [5, 5.41) is 22.7. The standard InChI is InChI=1S/C17H14N2O6S/c20-15(10-5-2-1-3-6-10)17(22)19-12-9-13(26(23,24)25)11-7-4-8-18-14(11)16(12)21/h1-9,15,20-21H,(H,19,22)(H,23,24,25). The molecule has 1 atom stereocenters. The van der Waals surface area contributed by atoms with E-state index in [4.69, 9.17) is 0 Å². The minimum atomic E-state index is -4.64. The third kappa shape index (κ3) is 3.36. The number of phenolic OH excluding ortho intramolecular Hbond substituents is 1. The van der Waals surface area contributed by atoms with Crippen LogP contribution in [0.4, 0.5) is 5.69 Å². The average molecular weight is 374 g/mol. The lowest BCUT2D eigenvalue weighted by molar-refractivity contribution is -0.124. The van der Waals surface area contributed by atoms with Crippen molar-refractivity contribution in [3.05, 3.63) is 60.3 Å². The summed E-state index contributed by atoms with van der Waals surface area (Å²) >= 11 is 0. The molecule has 0 saturated heterocycles. The fraction of sp³-hybridized carbons (Fsp3) is 0.0588. The Morgan fingerprint density at radius 1 is 1.12 bits per heavy atom. The minimum Gasteiger partial charge on any atom is -0.504 e. The molecule has 3 rings (SSSR count). The van der Waals surface area contributed by atoms with Gasteiger partial charge >= 0.3 is 0 Å². The summed E-state index contributed by atoms with van der Waals surface area (Å²) in [5.41, 5.74) is -0.102. The number of carbonyl (C=O) groups excluding carboxylic acids is 1. The highest BCUT2D eigenvalue weighted by molar-refractivity contribution is 7.86. The van der Waals surface area contributed by atoms with Crippen molar-refractivity contribution in [1.82, 2.24) is 4.98 Å². The number of aromatic hydroxyl groups is 1. The molecule has 8 nitrogen and oxygen atoms in total. The molecule has 0 aliphatic rings. The van der Waals surface area contributed by atoms with Crippen LogP contribution < -0.4 is 5.32 Å². The number of benzene rings is 2. The second-order valence-electron chi connectivity index (χ2n) is 5.45. The number of aromatic nitrogens is 1. The Hall–Kier alpha value is -3.01. The minimum absolute atomic E-state index is 0.00546. The maximum absolute atomic E-state index is 12.3. The van der Waals surface area contributed by atoms with Crippen LogP contribution in [0.25, 0.3) is 10.9 Å². The van der Waals surface area contributed by atoms with Crippen molar-refractivity contribution in [2.75, 3.05) is 5.32 Å². The molecule has 134 valence electrons. The SMILES string of the molecule is O=C(Nc1cc(S(=O)(=O)O)c2cccnc2c1O)C(O)c1ccccc1. The molecule has 0 spiro atoms. The van der Waals surface area contributed by atoms with Gasteiger partial charge in [-0.05, 0) is 23.8 Å². The van der Waals surface area contributed by atoms with E-state index >= 15 is 0 Å². The molecule has 2 aromatic carbocycles. The highest BCUT2D eigenvalue weighted by atomic mass is 32.2. The zero-order valence-corrected chi connectivity index (χ0v) is 14.0. The van der Waals surface area contributed by atoms with Crippen molar-refractivity contribution in [2.24, 2.45) is 0 Å². The van der Waals surface area contributed by atoms with Gasteiger partial charge in [0, 0.05) is 11.6 Å². The number of aliphatic hydroxyl groups is 1. The summed E-state index contributed by atoms with van der Waals surface area (Å²) in [6.07, 6.45) is -0.218. The van der Waals surface area contributed by atoms with Gasteiger partial charge in [0.15, 0.2) is 11.9 Å². The van der Waals surface area contributed by atoms with Gasteiger partial charge in [0.2, 0.25) is 0 Å². The number of nitrogens with zero attached hydrogens (tertiary/aromatic N) is 1. The van der Waals surface area contributed by atoms with Crippen molar-refractivity contribution < 1.29 is 28.0 Å². The van der Waals surface area contributed by atoms with E-state index in [1.54, 1.807) is 18.2 Å². The second kappa shape index (κ2) is 6.71. The van der Waals surface area contributed by atoms with E-state index in [0.29, 0.717) is 5.56 Å². The smallest absolute Gasteiger partial charge is 0.295 e. The van der Waals surface area contributed by atoms with Gasteiger partial charge in [0.25, 0.3) is 16.0 Å². The predicted molar refractivity (Wildman–Crippen MR) is 93.3 cm³/mol. The summed E-state index contributed by atoms with van der Waals surface area (Å²) in [4.78, 5) is 15.6. The molecular weight excluding hydrogens is 360 g/mol. The lowest BCUT2D eigenvalue weighted by Crippen LogP contribution is -2.21. The zero-order chi connectivity index (χ0) is 18.9. The number of anilines is 1. The molecule has 1 unspecified atom stereocenters. The van der Waals surface area contributed by atoms with Crippen molar-refractivity contribution in [3.8, 4) is 5.75 Å². The fourth-order valence-corrected chi connectivity index (χ4v) is 3.20. The molecule has 0 fully saturated rings. The Morgan fingerprint density at radius 2 is 1.81 bits per heavy atom. The first-order valence-electron chi connectivity index (χ1n) is 7.41. The van der Waals surface area contributed by atoms with E-state index in [0.717, 1.165) is 6.07 Å². The molecule has 0 radical (unpaired) electrons. The van der Waals surface area contributed by atoms with Crippen molar-refractivity contribution in [2.45, 2.75) is 11.0 Å². The maximum Gasteiger partial charge on any atom is 0.295 e. The first kappa shape index (κ1) is 17.8. The first-order chi connectivity index (χ1) is 12.3. The Bertz CT molecular complexity index is 1080. The van der Waals surface area contributed by atoms with Crippen LogP contribution >= 0.6 is 0 Å². The number of nitrogens with one attached hydrogen (secondary N) is 1. The third-order valence-electron chi connectivity index (χ3n) is 3.73. The molecule has 0 aliphatic carbocycles. The molecular formula is C17H14N2O6S. The molecule has 1 amide bonds. The molecule has 9 heteroatoms. The summed E-state index contributed by atoms with van der Waals surface area (Å²) in [6, 6.07) is 11.8. The topological polar surface area (TPSA) is 137 Å². The first-order valence-corrected chi connectivity index (χ1v) is 8.85. The number of phenols is 1. The molecule has 4 N–H and O–H groups in total. The van der Waals surface area contributed by atoms with Gasteiger partial charge in [-0.15, -0.1) is 0 Å². The van der Waals surface area contributed by atoms with Crippen LogP contribution in [0.5, 0.6) is 5.75 Å². The van der Waals surface area contributed by atoms with E-state index in [1.165, 1.54) is 30.5 Å². The maximum atomic E-state index is 12.3. The van der Waals surface area contributed by atoms with E-state index in [9.17, 15) is 28.0 Å². The Labute approximate surface area is 148 Å². The Kier molecular flexibility index (Phi) is 4.60. The summed E-state index contributed by atoms with van der Waals surface area (Å²) in [5.74, 6) is -1.37. The Balaban J connectivity index is 2.05. The highest BCUT2D eigenvalue weighted by Crippen LogP contribution is 2.36. The number of hydrogen-bond acceptors (Lipinski definition) is 6. The van der Waals surface area contributed by atoms with Gasteiger partial charge in [0.05, 0.1) is 5.69 Å². The van der Waals surface area contributed by atoms with Crippen LogP contribution in [0.3, 0.4) is 0 Å².